The predicted molar refractivity (Wildman–Crippen MR) is 81.1 cm³/mol. The number of nitrogens with zero attached hydrogens (tertiary/aromatic N) is 1. The van der Waals surface area contributed by atoms with Gasteiger partial charge in [0.1, 0.15) is 4.90 Å². The third-order valence-electron chi connectivity index (χ3n) is 3.07. The van der Waals surface area contributed by atoms with Crippen LogP contribution in [0.2, 0.25) is 10.0 Å². The highest BCUT2D eigenvalue weighted by Gasteiger charge is 2.22. The molecule has 1 heterocycles. The Morgan fingerprint density at radius 2 is 1.95 bits per heavy atom. The number of halogens is 2. The van der Waals surface area contributed by atoms with Crippen LogP contribution in [0.4, 0.5) is 0 Å². The molecule has 0 saturated carbocycles. The van der Waals surface area contributed by atoms with Crippen molar-refractivity contribution in [2.24, 2.45) is 0 Å². The molecule has 2 N–H and O–H groups in total. The van der Waals surface area contributed by atoms with Crippen LogP contribution in [0.1, 0.15) is 0 Å². The van der Waals surface area contributed by atoms with Crippen molar-refractivity contribution < 1.29 is 13.2 Å². The first-order valence-electron chi connectivity index (χ1n) is 6.33. The van der Waals surface area contributed by atoms with Gasteiger partial charge in [0.15, 0.2) is 0 Å². The minimum atomic E-state index is -3.88. The number of rotatable bonds is 4. The molecular formula is C12H15Cl2N3O3S. The highest BCUT2D eigenvalue weighted by molar-refractivity contribution is 7.89. The van der Waals surface area contributed by atoms with E-state index in [1.807, 2.05) is 0 Å². The molecule has 1 fully saturated rings. The summed E-state index contributed by atoms with van der Waals surface area (Å²) >= 11 is 11.6. The molecule has 0 radical (unpaired) electrons. The van der Waals surface area contributed by atoms with E-state index in [1.165, 1.54) is 18.2 Å². The summed E-state index contributed by atoms with van der Waals surface area (Å²) in [4.78, 5) is 13.4. The molecule has 1 amide bonds. The van der Waals surface area contributed by atoms with Crippen molar-refractivity contribution in [1.82, 2.24) is 14.9 Å². The summed E-state index contributed by atoms with van der Waals surface area (Å²) in [5, 5.41) is 3.43. The summed E-state index contributed by atoms with van der Waals surface area (Å²) in [6.45, 7) is 2.25. The maximum Gasteiger partial charge on any atom is 0.242 e. The van der Waals surface area contributed by atoms with E-state index in [1.54, 1.807) is 4.90 Å². The topological polar surface area (TPSA) is 78.5 Å². The normalized spacial score (nSPS) is 16.0. The highest BCUT2D eigenvalue weighted by Crippen LogP contribution is 2.24. The van der Waals surface area contributed by atoms with Crippen LogP contribution in [0.5, 0.6) is 0 Å². The minimum Gasteiger partial charge on any atom is -0.339 e. The first kappa shape index (κ1) is 16.5. The van der Waals surface area contributed by atoms with Crippen LogP contribution >= 0.6 is 23.2 Å². The summed E-state index contributed by atoms with van der Waals surface area (Å²) in [6.07, 6.45) is 0. The van der Waals surface area contributed by atoms with Gasteiger partial charge in [0.25, 0.3) is 0 Å². The van der Waals surface area contributed by atoms with Gasteiger partial charge >= 0.3 is 0 Å². The quantitative estimate of drug-likeness (QED) is 0.836. The van der Waals surface area contributed by atoms with E-state index >= 15 is 0 Å². The molecule has 1 aliphatic heterocycles. The number of carbonyl (C=O) groups is 1. The number of benzene rings is 1. The van der Waals surface area contributed by atoms with Crippen molar-refractivity contribution in [1.29, 1.82) is 0 Å². The van der Waals surface area contributed by atoms with E-state index in [0.29, 0.717) is 26.2 Å². The Labute approximate surface area is 133 Å². The number of nitrogens with one attached hydrogen (secondary N) is 2. The van der Waals surface area contributed by atoms with Gasteiger partial charge in [-0.15, -0.1) is 0 Å². The van der Waals surface area contributed by atoms with Gasteiger partial charge in [0.05, 0.1) is 11.6 Å². The molecular weight excluding hydrogens is 337 g/mol. The molecule has 0 aromatic heterocycles. The minimum absolute atomic E-state index is 0.0570. The van der Waals surface area contributed by atoms with Crippen molar-refractivity contribution in [2.75, 3.05) is 32.7 Å². The van der Waals surface area contributed by atoms with Crippen LogP contribution in [0.15, 0.2) is 23.1 Å². The third-order valence-corrected chi connectivity index (χ3v) is 5.18. The van der Waals surface area contributed by atoms with Gasteiger partial charge in [-0.25, -0.2) is 13.1 Å². The molecule has 0 atom stereocenters. The van der Waals surface area contributed by atoms with Gasteiger partial charge in [-0.2, -0.15) is 0 Å². The lowest BCUT2D eigenvalue weighted by atomic mass is 10.3. The third kappa shape index (κ3) is 4.31. The lowest BCUT2D eigenvalue weighted by Crippen LogP contribution is -2.49. The Bertz CT molecular complexity index is 631. The lowest BCUT2D eigenvalue weighted by molar-refractivity contribution is -0.130. The fraction of sp³-hybridized carbons (Fsp3) is 0.417. The Morgan fingerprint density at radius 1 is 1.29 bits per heavy atom. The van der Waals surface area contributed by atoms with E-state index in [-0.39, 0.29) is 27.4 Å². The summed E-state index contributed by atoms with van der Waals surface area (Å²) < 4.78 is 26.6. The zero-order valence-electron chi connectivity index (χ0n) is 11.1. The van der Waals surface area contributed by atoms with E-state index in [9.17, 15) is 13.2 Å². The van der Waals surface area contributed by atoms with Crippen molar-refractivity contribution in [3.63, 3.8) is 0 Å². The molecule has 1 aliphatic rings. The summed E-state index contributed by atoms with van der Waals surface area (Å²) in [5.74, 6) is -0.266. The fourth-order valence-electron chi connectivity index (χ4n) is 1.94. The van der Waals surface area contributed by atoms with E-state index in [0.717, 1.165) is 0 Å². The Kier molecular flexibility index (Phi) is 5.45. The summed E-state index contributed by atoms with van der Waals surface area (Å²) in [5.41, 5.74) is 0. The molecule has 1 aromatic rings. The molecule has 0 unspecified atom stereocenters. The molecule has 1 aromatic carbocycles. The molecule has 0 aliphatic carbocycles. The largest absolute Gasteiger partial charge is 0.339 e. The molecule has 116 valence electrons. The number of piperazine rings is 1. The Hall–Kier alpha value is -0.860. The van der Waals surface area contributed by atoms with Crippen LogP contribution in [0, 0.1) is 0 Å². The zero-order valence-corrected chi connectivity index (χ0v) is 13.4. The second-order valence-corrected chi connectivity index (χ2v) is 7.11. The SMILES string of the molecule is O=C(CNS(=O)(=O)c1cc(Cl)ccc1Cl)N1CCNCC1. The predicted octanol–water partition coefficient (Wildman–Crippen LogP) is 0.704. The lowest BCUT2D eigenvalue weighted by Gasteiger charge is -2.27. The average Bonchev–Trinajstić information content (AvgIpc) is 2.48. The number of hydrogen-bond acceptors (Lipinski definition) is 4. The van der Waals surface area contributed by atoms with Gasteiger partial charge in [0.2, 0.25) is 15.9 Å². The first-order chi connectivity index (χ1) is 9.90. The summed E-state index contributed by atoms with van der Waals surface area (Å²) in [7, 11) is -3.88. The van der Waals surface area contributed by atoms with Crippen molar-refractivity contribution >= 4 is 39.1 Å². The molecule has 1 saturated heterocycles. The molecule has 0 spiro atoms. The van der Waals surface area contributed by atoms with Crippen molar-refractivity contribution in [3.8, 4) is 0 Å². The number of sulfonamides is 1. The highest BCUT2D eigenvalue weighted by atomic mass is 35.5. The second-order valence-electron chi connectivity index (χ2n) is 4.53. The Morgan fingerprint density at radius 3 is 2.62 bits per heavy atom. The standard InChI is InChI=1S/C12H15Cl2N3O3S/c13-9-1-2-10(14)11(7-9)21(19,20)16-8-12(18)17-5-3-15-4-6-17/h1-2,7,15-16H,3-6,8H2. The van der Waals surface area contributed by atoms with Crippen molar-refractivity contribution in [3.05, 3.63) is 28.2 Å². The maximum absolute atomic E-state index is 12.2. The van der Waals surface area contributed by atoms with Crippen LogP contribution < -0.4 is 10.0 Å². The average molecular weight is 352 g/mol. The fourth-order valence-corrected chi connectivity index (χ4v) is 3.68. The Balaban J connectivity index is 2.04. The number of carbonyl (C=O) groups excluding carboxylic acids is 1. The van der Waals surface area contributed by atoms with E-state index in [2.05, 4.69) is 10.0 Å². The van der Waals surface area contributed by atoms with E-state index < -0.39 is 10.0 Å². The van der Waals surface area contributed by atoms with Gasteiger partial charge in [-0.05, 0) is 18.2 Å². The number of amides is 1. The van der Waals surface area contributed by atoms with Gasteiger partial charge in [-0.1, -0.05) is 23.2 Å². The maximum atomic E-state index is 12.2. The monoisotopic (exact) mass is 351 g/mol. The van der Waals surface area contributed by atoms with E-state index in [4.69, 9.17) is 23.2 Å². The van der Waals surface area contributed by atoms with Gasteiger partial charge in [0, 0.05) is 31.2 Å². The summed E-state index contributed by atoms with van der Waals surface area (Å²) in [6, 6.07) is 4.15. The van der Waals surface area contributed by atoms with Crippen LogP contribution in [0.25, 0.3) is 0 Å². The number of hydrogen-bond donors (Lipinski definition) is 2. The molecule has 2 rings (SSSR count). The molecule has 6 nitrogen and oxygen atoms in total. The molecule has 9 heteroatoms. The van der Waals surface area contributed by atoms with Crippen LogP contribution in [-0.2, 0) is 14.8 Å². The molecule has 0 bridgehead atoms. The van der Waals surface area contributed by atoms with Gasteiger partial charge < -0.3 is 10.2 Å². The van der Waals surface area contributed by atoms with Crippen LogP contribution in [-0.4, -0.2) is 51.9 Å². The molecule has 21 heavy (non-hydrogen) atoms. The smallest absolute Gasteiger partial charge is 0.242 e. The second kappa shape index (κ2) is 6.93. The van der Waals surface area contributed by atoms with Crippen LogP contribution in [0.3, 0.4) is 0 Å². The first-order valence-corrected chi connectivity index (χ1v) is 8.57. The zero-order chi connectivity index (χ0) is 15.5. The van der Waals surface area contributed by atoms with Crippen molar-refractivity contribution in [2.45, 2.75) is 4.90 Å². The van der Waals surface area contributed by atoms with Gasteiger partial charge in [-0.3, -0.25) is 4.79 Å².